The molecule has 5 heteroatoms. The number of benzene rings is 2. The monoisotopic (exact) mass is 598 g/mol. The maximum absolute atomic E-state index is 10.1. The molecule has 0 aliphatic rings. The lowest BCUT2D eigenvalue weighted by Crippen LogP contribution is -2.22. The molecule has 2 aromatic rings. The molecule has 1 N–H and O–H groups in total. The van der Waals surface area contributed by atoms with Crippen molar-refractivity contribution in [3.8, 4) is 5.75 Å². The predicted molar refractivity (Wildman–Crippen MR) is 178 cm³/mol. The summed E-state index contributed by atoms with van der Waals surface area (Å²) in [5, 5.41) is 10.1. The third kappa shape index (κ3) is 19.2. The van der Waals surface area contributed by atoms with Crippen molar-refractivity contribution in [2.75, 3.05) is 33.5 Å². The van der Waals surface area contributed by atoms with E-state index in [-0.39, 0.29) is 0 Å². The lowest BCUT2D eigenvalue weighted by atomic mass is 9.91. The lowest BCUT2D eigenvalue weighted by Gasteiger charge is -2.17. The number of ether oxygens (including phenoxy) is 4. The van der Waals surface area contributed by atoms with E-state index in [2.05, 4.69) is 39.8 Å². The van der Waals surface area contributed by atoms with Gasteiger partial charge in [0, 0.05) is 13.2 Å². The molecule has 0 amide bonds. The van der Waals surface area contributed by atoms with Crippen molar-refractivity contribution < 1.29 is 24.1 Å². The van der Waals surface area contributed by atoms with Crippen LogP contribution in [0.25, 0.3) is 0 Å². The molecule has 0 radical (unpaired) electrons. The van der Waals surface area contributed by atoms with Gasteiger partial charge in [0.05, 0.1) is 33.5 Å². The molecule has 0 aliphatic carbocycles. The third-order valence-corrected chi connectivity index (χ3v) is 8.50. The van der Waals surface area contributed by atoms with E-state index in [1.54, 1.807) is 7.11 Å². The van der Waals surface area contributed by atoms with Crippen LogP contribution in [-0.4, -0.2) is 44.7 Å². The van der Waals surface area contributed by atoms with Gasteiger partial charge in [0.25, 0.3) is 0 Å². The van der Waals surface area contributed by atoms with E-state index in [0.29, 0.717) is 44.9 Å². The van der Waals surface area contributed by atoms with Crippen molar-refractivity contribution in [2.45, 2.75) is 111 Å². The van der Waals surface area contributed by atoms with Gasteiger partial charge in [0.15, 0.2) is 0 Å². The number of hydrogen-bond acceptors (Lipinski definition) is 5. The van der Waals surface area contributed by atoms with E-state index in [1.807, 2.05) is 42.5 Å². The van der Waals surface area contributed by atoms with E-state index >= 15 is 0 Å². The summed E-state index contributed by atoms with van der Waals surface area (Å²) in [6, 6.07) is 18.2. The van der Waals surface area contributed by atoms with Gasteiger partial charge in [-0.25, -0.2) is 0 Å². The maximum atomic E-state index is 10.1. The summed E-state index contributed by atoms with van der Waals surface area (Å²) in [5.74, 6) is 3.78. The van der Waals surface area contributed by atoms with Crippen molar-refractivity contribution in [1.29, 1.82) is 0 Å². The zero-order valence-electron chi connectivity index (χ0n) is 28.0. The van der Waals surface area contributed by atoms with Crippen molar-refractivity contribution in [3.63, 3.8) is 0 Å². The second kappa shape index (κ2) is 23.5. The molecule has 0 fully saturated rings. The highest BCUT2D eigenvalue weighted by molar-refractivity contribution is 5.26. The van der Waals surface area contributed by atoms with Crippen molar-refractivity contribution in [3.05, 3.63) is 65.7 Å². The first-order chi connectivity index (χ1) is 20.9. The Morgan fingerprint density at radius 3 is 1.56 bits per heavy atom. The van der Waals surface area contributed by atoms with E-state index in [1.165, 1.54) is 63.4 Å². The largest absolute Gasteiger partial charge is 0.497 e. The van der Waals surface area contributed by atoms with E-state index < -0.39 is 6.10 Å². The average Bonchev–Trinajstić information content (AvgIpc) is 3.00. The Labute approximate surface area is 263 Å². The van der Waals surface area contributed by atoms with Crippen molar-refractivity contribution >= 4 is 0 Å². The van der Waals surface area contributed by atoms with Crippen LogP contribution in [0.5, 0.6) is 5.75 Å². The van der Waals surface area contributed by atoms with E-state index in [9.17, 15) is 5.11 Å². The van der Waals surface area contributed by atoms with E-state index in [4.69, 9.17) is 18.9 Å². The summed E-state index contributed by atoms with van der Waals surface area (Å²) in [5.41, 5.74) is 2.32. The quantitative estimate of drug-likeness (QED) is 0.109. The molecule has 0 aliphatic heterocycles. The summed E-state index contributed by atoms with van der Waals surface area (Å²) < 4.78 is 22.5. The molecule has 0 bridgehead atoms. The Hall–Kier alpha value is -1.92. The van der Waals surface area contributed by atoms with Gasteiger partial charge in [-0.2, -0.15) is 0 Å². The molecule has 0 saturated heterocycles. The van der Waals surface area contributed by atoms with Gasteiger partial charge in [-0.15, -0.1) is 0 Å². The highest BCUT2D eigenvalue weighted by atomic mass is 16.5. The molecular weight excluding hydrogens is 536 g/mol. The highest BCUT2D eigenvalue weighted by Crippen LogP contribution is 2.23. The summed E-state index contributed by atoms with van der Waals surface area (Å²) in [6.07, 6.45) is 12.3. The number of methoxy groups -OCH3 is 1. The molecule has 43 heavy (non-hydrogen) atoms. The molecular formula is C38H62O5. The molecule has 244 valence electrons. The molecule has 0 aromatic heterocycles. The first-order valence-corrected chi connectivity index (χ1v) is 16.9. The van der Waals surface area contributed by atoms with Crippen LogP contribution >= 0.6 is 0 Å². The Morgan fingerprint density at radius 2 is 1.00 bits per heavy atom. The Morgan fingerprint density at radius 1 is 0.535 bits per heavy atom. The summed E-state index contributed by atoms with van der Waals surface area (Å²) >= 11 is 0. The van der Waals surface area contributed by atoms with Gasteiger partial charge in [0.2, 0.25) is 0 Å². The summed E-state index contributed by atoms with van der Waals surface area (Å²) in [4.78, 5) is 0. The fraction of sp³-hybridized carbons (Fsp3) is 0.684. The minimum Gasteiger partial charge on any atom is -0.497 e. The predicted octanol–water partition coefficient (Wildman–Crippen LogP) is 9.25. The number of aliphatic hydroxyl groups excluding tert-OH is 1. The fourth-order valence-corrected chi connectivity index (χ4v) is 5.50. The molecule has 5 atom stereocenters. The zero-order valence-corrected chi connectivity index (χ0v) is 28.0. The Balaban J connectivity index is 1.37. The van der Waals surface area contributed by atoms with Crippen LogP contribution in [0.3, 0.4) is 0 Å². The van der Waals surface area contributed by atoms with Crippen LogP contribution in [-0.2, 0) is 27.4 Å². The molecule has 5 nitrogen and oxygen atoms in total. The van der Waals surface area contributed by atoms with Crippen LogP contribution in [0.15, 0.2) is 54.6 Å². The average molecular weight is 599 g/mol. The van der Waals surface area contributed by atoms with Crippen LogP contribution < -0.4 is 4.74 Å². The Kier molecular flexibility index (Phi) is 20.3. The van der Waals surface area contributed by atoms with Crippen LogP contribution in [0.4, 0.5) is 0 Å². The van der Waals surface area contributed by atoms with E-state index in [0.717, 1.165) is 36.2 Å². The highest BCUT2D eigenvalue weighted by Gasteiger charge is 2.10. The lowest BCUT2D eigenvalue weighted by molar-refractivity contribution is -0.0253. The molecule has 2 rings (SSSR count). The standard InChI is InChI=1S/C38H62O5/c1-31(14-10-16-33(3)24-25-41-29-37(39)30-43-27-35-18-7-6-8-19-35)12-9-13-32(2)15-11-17-34(4)26-42-28-36-20-22-38(40-5)23-21-36/h6-8,18-23,31-34,37,39H,9-17,24-30H2,1-5H3/t31-,32+,33-,34+,37+/m1/s1. The maximum Gasteiger partial charge on any atom is 0.118 e. The van der Waals surface area contributed by atoms with Gasteiger partial charge in [-0.05, 0) is 59.8 Å². The molecule has 0 heterocycles. The number of hydrogen-bond donors (Lipinski definition) is 1. The van der Waals surface area contributed by atoms with Crippen LogP contribution in [0, 0.1) is 23.7 Å². The number of rotatable bonds is 26. The first kappa shape index (κ1) is 37.3. The van der Waals surface area contributed by atoms with Crippen LogP contribution in [0.2, 0.25) is 0 Å². The Bertz CT molecular complexity index is 902. The SMILES string of the molecule is COc1ccc(COC[C@@H](C)CCC[C@@H](C)CCC[C@@H](C)CCC[C@@H](C)CCOC[C@H](O)COCc2ccccc2)cc1. The minimum atomic E-state index is -0.568. The van der Waals surface area contributed by atoms with Gasteiger partial charge >= 0.3 is 0 Å². The normalized spacial score (nSPS) is 15.1. The topological polar surface area (TPSA) is 57.2 Å². The zero-order chi connectivity index (χ0) is 31.1. The molecule has 0 unspecified atom stereocenters. The molecule has 2 aromatic carbocycles. The van der Waals surface area contributed by atoms with Gasteiger partial charge < -0.3 is 24.1 Å². The number of aliphatic hydroxyl groups is 1. The second-order valence-electron chi connectivity index (χ2n) is 13.1. The van der Waals surface area contributed by atoms with Crippen LogP contribution in [0.1, 0.15) is 103 Å². The molecule has 0 saturated carbocycles. The van der Waals surface area contributed by atoms with Gasteiger partial charge in [-0.1, -0.05) is 122 Å². The van der Waals surface area contributed by atoms with Gasteiger partial charge in [-0.3, -0.25) is 0 Å². The van der Waals surface area contributed by atoms with Crippen molar-refractivity contribution in [2.24, 2.45) is 23.7 Å². The third-order valence-electron chi connectivity index (χ3n) is 8.50. The summed E-state index contributed by atoms with van der Waals surface area (Å²) in [6.45, 7) is 12.9. The minimum absolute atomic E-state index is 0.308. The van der Waals surface area contributed by atoms with Gasteiger partial charge in [0.1, 0.15) is 11.9 Å². The van der Waals surface area contributed by atoms with Crippen molar-refractivity contribution in [1.82, 2.24) is 0 Å². The first-order valence-electron chi connectivity index (χ1n) is 16.9. The second-order valence-corrected chi connectivity index (χ2v) is 13.1. The fourth-order valence-electron chi connectivity index (χ4n) is 5.50. The molecule has 0 spiro atoms. The summed E-state index contributed by atoms with van der Waals surface area (Å²) in [7, 11) is 1.69. The smallest absolute Gasteiger partial charge is 0.118 e.